The summed E-state index contributed by atoms with van der Waals surface area (Å²) in [5.41, 5.74) is 2.57. The normalized spacial score (nSPS) is 12.5. The van der Waals surface area contributed by atoms with Crippen LogP contribution in [0.3, 0.4) is 0 Å². The van der Waals surface area contributed by atoms with Crippen LogP contribution < -0.4 is 0 Å². The van der Waals surface area contributed by atoms with Gasteiger partial charge in [-0.25, -0.2) is 8.78 Å². The smallest absolute Gasteiger partial charge is 0.159 e. The van der Waals surface area contributed by atoms with E-state index in [1.165, 1.54) is 6.07 Å². The van der Waals surface area contributed by atoms with E-state index >= 15 is 0 Å². The number of hydrogen-bond acceptors (Lipinski definition) is 0. The fourth-order valence-electron chi connectivity index (χ4n) is 1.72. The minimum absolute atomic E-state index is 0.480. The summed E-state index contributed by atoms with van der Waals surface area (Å²) in [4.78, 5) is 0. The van der Waals surface area contributed by atoms with Gasteiger partial charge in [0.15, 0.2) is 11.6 Å². The van der Waals surface area contributed by atoms with Crippen LogP contribution in [0.5, 0.6) is 0 Å². The van der Waals surface area contributed by atoms with E-state index in [-0.39, 0.29) is 0 Å². The molecule has 0 aromatic heterocycles. The Labute approximate surface area is 123 Å². The first-order valence-corrected chi connectivity index (χ1v) is 6.86. The molecule has 1 atom stereocenters. The third-order valence-corrected chi connectivity index (χ3v) is 4.69. The average Bonchev–Trinajstić information content (AvgIpc) is 2.35. The Morgan fingerprint density at radius 3 is 2.50 bits per heavy atom. The van der Waals surface area contributed by atoms with Crippen LogP contribution in [-0.2, 0) is 0 Å². The molecule has 2 aromatic carbocycles. The van der Waals surface area contributed by atoms with Crippen LogP contribution in [0, 0.1) is 22.1 Å². The maximum Gasteiger partial charge on any atom is 0.159 e. The Morgan fingerprint density at radius 1 is 1.11 bits per heavy atom. The van der Waals surface area contributed by atoms with Crippen LogP contribution >= 0.6 is 34.2 Å². The Kier molecular flexibility index (Phi) is 4.22. The molecular weight excluding hydrogens is 369 g/mol. The first kappa shape index (κ1) is 13.7. The third-order valence-electron chi connectivity index (χ3n) is 2.73. The molecule has 0 nitrogen and oxygen atoms in total. The highest BCUT2D eigenvalue weighted by Crippen LogP contribution is 2.33. The predicted octanol–water partition coefficient (Wildman–Crippen LogP) is 5.21. The lowest BCUT2D eigenvalue weighted by Crippen LogP contribution is -1.99. The van der Waals surface area contributed by atoms with Gasteiger partial charge in [-0.3, -0.25) is 0 Å². The number of halogens is 4. The lowest BCUT2D eigenvalue weighted by molar-refractivity contribution is 0.507. The van der Waals surface area contributed by atoms with Crippen LogP contribution in [0.2, 0.25) is 0 Å². The standard InChI is InChI=1S/C14H10ClF2I/c1-8-3-2-4-10(14(8)18)13(15)9-5-6-11(16)12(17)7-9/h2-7,13H,1H3. The first-order chi connectivity index (χ1) is 8.50. The van der Waals surface area contributed by atoms with Crippen LogP contribution in [0.1, 0.15) is 22.1 Å². The van der Waals surface area contributed by atoms with Gasteiger partial charge in [-0.15, -0.1) is 11.6 Å². The molecule has 2 aromatic rings. The molecular formula is C14H10ClF2I. The van der Waals surface area contributed by atoms with E-state index in [9.17, 15) is 8.78 Å². The number of rotatable bonds is 2. The maximum absolute atomic E-state index is 13.2. The second-order valence-electron chi connectivity index (χ2n) is 4.01. The largest absolute Gasteiger partial charge is 0.204 e. The monoisotopic (exact) mass is 378 g/mol. The summed E-state index contributed by atoms with van der Waals surface area (Å²) in [7, 11) is 0. The number of aryl methyl sites for hydroxylation is 1. The van der Waals surface area contributed by atoms with Gasteiger partial charge in [0.2, 0.25) is 0 Å². The minimum Gasteiger partial charge on any atom is -0.204 e. The van der Waals surface area contributed by atoms with Crippen molar-refractivity contribution in [3.8, 4) is 0 Å². The van der Waals surface area contributed by atoms with Crippen molar-refractivity contribution in [1.82, 2.24) is 0 Å². The molecule has 0 amide bonds. The molecule has 0 aliphatic rings. The number of benzene rings is 2. The van der Waals surface area contributed by atoms with E-state index in [1.54, 1.807) is 0 Å². The molecule has 0 spiro atoms. The molecule has 2 rings (SSSR count). The van der Waals surface area contributed by atoms with Crippen LogP contribution in [-0.4, -0.2) is 0 Å². The topological polar surface area (TPSA) is 0 Å². The first-order valence-electron chi connectivity index (χ1n) is 5.34. The lowest BCUT2D eigenvalue weighted by Gasteiger charge is -2.14. The van der Waals surface area contributed by atoms with Crippen molar-refractivity contribution in [2.45, 2.75) is 12.3 Å². The van der Waals surface area contributed by atoms with Crippen molar-refractivity contribution in [2.75, 3.05) is 0 Å². The Hall–Kier alpha value is -0.680. The van der Waals surface area contributed by atoms with E-state index < -0.39 is 17.0 Å². The average molecular weight is 379 g/mol. The molecule has 94 valence electrons. The lowest BCUT2D eigenvalue weighted by atomic mass is 10.0. The molecule has 0 saturated heterocycles. The van der Waals surface area contributed by atoms with Crippen molar-refractivity contribution >= 4 is 34.2 Å². The molecule has 0 fully saturated rings. The highest BCUT2D eigenvalue weighted by molar-refractivity contribution is 14.1. The molecule has 0 N–H and O–H groups in total. The summed E-state index contributed by atoms with van der Waals surface area (Å²) in [5.74, 6) is -1.73. The zero-order valence-electron chi connectivity index (χ0n) is 9.55. The van der Waals surface area contributed by atoms with Crippen LogP contribution in [0.4, 0.5) is 8.78 Å². The predicted molar refractivity (Wildman–Crippen MR) is 78.0 cm³/mol. The van der Waals surface area contributed by atoms with Gasteiger partial charge in [-0.1, -0.05) is 24.3 Å². The maximum atomic E-state index is 13.2. The highest BCUT2D eigenvalue weighted by atomic mass is 127. The van der Waals surface area contributed by atoms with E-state index in [0.29, 0.717) is 5.56 Å². The number of hydrogen-bond donors (Lipinski definition) is 0. The molecule has 1 unspecified atom stereocenters. The van der Waals surface area contributed by atoms with Gasteiger partial charge < -0.3 is 0 Å². The van der Waals surface area contributed by atoms with Gasteiger partial charge in [0, 0.05) is 3.57 Å². The second kappa shape index (κ2) is 5.53. The minimum atomic E-state index is -0.874. The van der Waals surface area contributed by atoms with Crippen molar-refractivity contribution in [1.29, 1.82) is 0 Å². The molecule has 0 aliphatic heterocycles. The van der Waals surface area contributed by atoms with Gasteiger partial charge in [-0.2, -0.15) is 0 Å². The second-order valence-corrected chi connectivity index (χ2v) is 5.53. The Morgan fingerprint density at radius 2 is 1.83 bits per heavy atom. The molecule has 0 saturated carbocycles. The zero-order chi connectivity index (χ0) is 13.3. The van der Waals surface area contributed by atoms with Gasteiger partial charge >= 0.3 is 0 Å². The molecule has 18 heavy (non-hydrogen) atoms. The molecule has 0 bridgehead atoms. The Balaban J connectivity index is 2.44. The fraction of sp³-hybridized carbons (Fsp3) is 0.143. The van der Waals surface area contributed by atoms with Crippen molar-refractivity contribution in [2.24, 2.45) is 0 Å². The van der Waals surface area contributed by atoms with Crippen LogP contribution in [0.25, 0.3) is 0 Å². The molecule has 0 aliphatic carbocycles. The van der Waals surface area contributed by atoms with E-state index in [1.807, 2.05) is 25.1 Å². The quantitative estimate of drug-likeness (QED) is 0.497. The summed E-state index contributed by atoms with van der Waals surface area (Å²) < 4.78 is 27.1. The molecule has 4 heteroatoms. The van der Waals surface area contributed by atoms with E-state index in [0.717, 1.165) is 26.8 Å². The summed E-state index contributed by atoms with van der Waals surface area (Å²) in [6.07, 6.45) is 0. The zero-order valence-corrected chi connectivity index (χ0v) is 12.5. The van der Waals surface area contributed by atoms with Crippen molar-refractivity contribution < 1.29 is 8.78 Å². The highest BCUT2D eigenvalue weighted by Gasteiger charge is 2.16. The van der Waals surface area contributed by atoms with Crippen LogP contribution in [0.15, 0.2) is 36.4 Å². The number of alkyl halides is 1. The van der Waals surface area contributed by atoms with Gasteiger partial charge in [0.25, 0.3) is 0 Å². The Bertz CT molecular complexity index is 584. The van der Waals surface area contributed by atoms with Crippen molar-refractivity contribution in [3.63, 3.8) is 0 Å². The fourth-order valence-corrected chi connectivity index (χ4v) is 2.89. The molecule has 0 heterocycles. The summed E-state index contributed by atoms with van der Waals surface area (Å²) in [6.45, 7) is 1.99. The van der Waals surface area contributed by atoms with E-state index in [2.05, 4.69) is 22.6 Å². The van der Waals surface area contributed by atoms with Gasteiger partial charge in [-0.05, 0) is 58.3 Å². The third kappa shape index (κ3) is 2.67. The van der Waals surface area contributed by atoms with Gasteiger partial charge in [0.05, 0.1) is 5.38 Å². The van der Waals surface area contributed by atoms with Crippen molar-refractivity contribution in [3.05, 3.63) is 68.3 Å². The molecule has 0 radical (unpaired) electrons. The summed E-state index contributed by atoms with van der Waals surface area (Å²) in [5, 5.41) is -0.480. The van der Waals surface area contributed by atoms with Gasteiger partial charge in [0.1, 0.15) is 0 Å². The summed E-state index contributed by atoms with van der Waals surface area (Å²) in [6, 6.07) is 9.54. The summed E-state index contributed by atoms with van der Waals surface area (Å²) >= 11 is 8.55. The van der Waals surface area contributed by atoms with E-state index in [4.69, 9.17) is 11.6 Å². The SMILES string of the molecule is Cc1cccc(C(Cl)c2ccc(F)c(F)c2)c1I.